The Bertz CT molecular complexity index is 3710. The molecule has 1 amide bonds. The Balaban J connectivity index is 0.00000101. The maximum Gasteiger partial charge on any atom is 0.384 e. The number of nitrogens with one attached hydrogen (secondary N) is 1. The van der Waals surface area contributed by atoms with Gasteiger partial charge in [-0.1, -0.05) is 23.6 Å². The number of aryl methyl sites for hydroxylation is 3. The van der Waals surface area contributed by atoms with Crippen LogP contribution >= 0.6 is 0 Å². The van der Waals surface area contributed by atoms with E-state index in [1.807, 2.05) is 6.92 Å². The van der Waals surface area contributed by atoms with Crippen molar-refractivity contribution in [3.05, 3.63) is 157 Å². The maximum atomic E-state index is 11.7. The van der Waals surface area contributed by atoms with Crippen LogP contribution in [0.25, 0.3) is 16.6 Å². The second-order valence-electron chi connectivity index (χ2n) is 15.9. The molecule has 0 aliphatic carbocycles. The van der Waals surface area contributed by atoms with Crippen LogP contribution in [0.3, 0.4) is 0 Å². The number of methoxy groups -OCH3 is 3. The van der Waals surface area contributed by atoms with Gasteiger partial charge in [0, 0.05) is 114 Å². The zero-order valence-corrected chi connectivity index (χ0v) is 54.2. The van der Waals surface area contributed by atoms with Crippen molar-refractivity contribution in [1.82, 2.24) is 33.8 Å². The standard InChI is InChI=1S/C12H12N3O3.C11H11N3O4.C10H11N3O2.C9H13NO3S.C5H6N2.C5H6O2.C2H3O2.2Y/c1-3-18-12(17)10-7-11-9(13-8(2)16)5-4-6-15(11)14-10;1-17-10(15)7-8(11(16)18-2)13-14-5-3-4-6(12)9(7)14;1-2-15-10(14)8-6-9-7(11)4-3-5-13(9)12-8;1-6-4-7(2)9(8(3)5-6)14(11,12)13-10;6-5-2-1-3-7-4-5;1-3-4-5(6)7-2;1-2(3)4;;/h4-7H,2-3H2,1H3,(H,13,16);3-5H,12H2,1-2H3;3-6H,2,11H2,1H3;4-5H,10H2,1-3H3;1-4H,6H2;1-2H3;1H2,(H,3,4);;/q-1;;;;;;-1;;. The summed E-state index contributed by atoms with van der Waals surface area (Å²) in [4.78, 5) is 80.0. The second-order valence-corrected chi connectivity index (χ2v) is 17.4. The fraction of sp³-hybridized carbons (Fsp3) is 0.204. The molecular formula is C54H62N12O16SY2-2. The minimum atomic E-state index is -3.80. The quantitative estimate of drug-likeness (QED) is 0.0282. The molecule has 0 saturated carbocycles. The number of benzene rings is 1. The molecule has 2 radical (unpaired) electrons. The second kappa shape index (κ2) is 38.4. The largest absolute Gasteiger partial charge is 0.503 e. The summed E-state index contributed by atoms with van der Waals surface area (Å²) < 4.78 is 54.3. The molecule has 0 bridgehead atoms. The summed E-state index contributed by atoms with van der Waals surface area (Å²) in [5, 5.41) is 22.0. The van der Waals surface area contributed by atoms with Gasteiger partial charge < -0.3 is 63.0 Å². The van der Waals surface area contributed by atoms with Crippen molar-refractivity contribution in [2.45, 2.75) is 46.4 Å². The van der Waals surface area contributed by atoms with E-state index in [9.17, 15) is 37.2 Å². The third-order valence-corrected chi connectivity index (χ3v) is 11.2. The summed E-state index contributed by atoms with van der Waals surface area (Å²) >= 11 is 0. The average molecular weight is 1350 g/mol. The molecule has 0 aliphatic heterocycles. The van der Waals surface area contributed by atoms with Crippen molar-refractivity contribution < 1.29 is 140 Å². The van der Waals surface area contributed by atoms with E-state index in [-0.39, 0.29) is 99.6 Å². The zero-order chi connectivity index (χ0) is 62.6. The summed E-state index contributed by atoms with van der Waals surface area (Å²) in [6, 6.07) is 20.5. The molecule has 0 saturated heterocycles. The van der Waals surface area contributed by atoms with Crippen molar-refractivity contribution >= 4 is 91.1 Å². The number of fused-ring (bicyclic) bond motifs is 3. The van der Waals surface area contributed by atoms with Crippen molar-refractivity contribution in [2.24, 2.45) is 5.90 Å². The third-order valence-electron chi connectivity index (χ3n) is 9.81. The molecule has 8 aromatic rings. The van der Waals surface area contributed by atoms with E-state index in [1.165, 1.54) is 30.4 Å². The molecular weight excluding hydrogens is 1280 g/mol. The topological polar surface area (TPSA) is 410 Å². The number of anilines is 4. The number of carbonyl (C=O) groups is 7. The van der Waals surface area contributed by atoms with Crippen LogP contribution in [-0.4, -0.2) is 124 Å². The third kappa shape index (κ3) is 24.3. The number of aromatic nitrogens is 7. The molecule has 10 N–H and O–H groups in total. The fourth-order valence-corrected chi connectivity index (χ4v) is 7.72. The molecule has 7 aromatic heterocycles. The molecule has 0 spiro atoms. The number of amides is 1. The van der Waals surface area contributed by atoms with Gasteiger partial charge in [0.1, 0.15) is 16.0 Å². The van der Waals surface area contributed by atoms with E-state index in [2.05, 4.69) is 69.8 Å². The molecule has 8 rings (SSSR count). The molecule has 0 aliphatic rings. The maximum absolute atomic E-state index is 11.7. The van der Waals surface area contributed by atoms with Crippen molar-refractivity contribution in [3.8, 4) is 11.8 Å². The van der Waals surface area contributed by atoms with E-state index < -0.39 is 51.8 Å². The van der Waals surface area contributed by atoms with Gasteiger partial charge in [0.2, 0.25) is 0 Å². The number of hydrogen-bond donors (Lipinski definition) is 6. The van der Waals surface area contributed by atoms with Crippen molar-refractivity contribution in [1.29, 1.82) is 0 Å². The fourth-order valence-electron chi connectivity index (χ4n) is 6.72. The van der Waals surface area contributed by atoms with Crippen molar-refractivity contribution in [2.75, 3.05) is 57.1 Å². The van der Waals surface area contributed by atoms with Crippen LogP contribution in [0.5, 0.6) is 0 Å². The van der Waals surface area contributed by atoms with Gasteiger partial charge in [-0.3, -0.25) is 16.7 Å². The van der Waals surface area contributed by atoms with E-state index >= 15 is 0 Å². The normalized spacial score (nSPS) is 9.62. The predicted octanol–water partition coefficient (Wildman–Crippen LogP) is 4.80. The number of nitrogens with zero attached hydrogens (tertiary/aromatic N) is 7. The first-order chi connectivity index (χ1) is 39.2. The van der Waals surface area contributed by atoms with E-state index in [0.29, 0.717) is 57.0 Å². The Kier molecular flexibility index (Phi) is 34.5. The minimum absolute atomic E-state index is 0. The molecule has 0 unspecified atom stereocenters. The van der Waals surface area contributed by atoms with E-state index in [4.69, 9.17) is 42.5 Å². The Hall–Kier alpha value is -8.49. The summed E-state index contributed by atoms with van der Waals surface area (Å²) in [6.07, 6.45) is 8.28. The summed E-state index contributed by atoms with van der Waals surface area (Å²) in [5.41, 5.74) is 23.3. The first kappa shape index (κ1) is 76.5. The number of carbonyl (C=O) groups excluding carboxylic acids is 6. The number of pyridine rings is 4. The Morgan fingerprint density at radius 1 is 0.682 bits per heavy atom. The first-order valence-corrected chi connectivity index (χ1v) is 25.2. The SMILES string of the molecule is CC#CC(=O)OC.CCOC(=O)c1cc2c(N)cccn2n1.COC(=O)c1nn2cccc(N)c2c1C(=O)OC.Cc1cc(C)c(S(=O)(=O)ON)c(C)c1.Nc1cccnc1.[CH2-]C(=O)Nc1cccn2nc(C(=O)OCC)cc12.[CH2-]C(=O)O.[Y].[Y]. The number of aliphatic carboxylic acids is 1. The Morgan fingerprint density at radius 2 is 1.18 bits per heavy atom. The number of rotatable bonds is 9. The van der Waals surface area contributed by atoms with Crippen LogP contribution in [0.2, 0.25) is 0 Å². The number of nitrogen functional groups attached to an aromatic ring is 3. The van der Waals surface area contributed by atoms with Crippen LogP contribution in [0.1, 0.15) is 79.3 Å². The first-order valence-electron chi connectivity index (χ1n) is 23.8. The van der Waals surface area contributed by atoms with Crippen LogP contribution in [0, 0.1) is 46.5 Å². The summed E-state index contributed by atoms with van der Waals surface area (Å²) in [7, 11) is -0.0808. The van der Waals surface area contributed by atoms with Crippen LogP contribution in [0.4, 0.5) is 22.7 Å². The van der Waals surface area contributed by atoms with Crippen LogP contribution in [-0.2, 0) is 118 Å². The molecule has 448 valence electrons. The van der Waals surface area contributed by atoms with Gasteiger partial charge in [-0.25, -0.2) is 37.5 Å². The van der Waals surface area contributed by atoms with Gasteiger partial charge in [0.25, 0.3) is 0 Å². The molecule has 0 atom stereocenters. The van der Waals surface area contributed by atoms with Gasteiger partial charge in [0.15, 0.2) is 23.1 Å². The molecule has 1 aromatic carbocycles. The van der Waals surface area contributed by atoms with Gasteiger partial charge in [-0.2, -0.15) is 33.9 Å². The minimum Gasteiger partial charge on any atom is -0.503 e. The summed E-state index contributed by atoms with van der Waals surface area (Å²) in [5.74, 6) is 4.97. The number of nitrogens with two attached hydrogens (primary N) is 4. The zero-order valence-electron chi connectivity index (χ0n) is 47.7. The molecule has 31 heteroatoms. The van der Waals surface area contributed by atoms with E-state index in [0.717, 1.165) is 5.56 Å². The number of carboxylic acid groups (broad SMARTS) is 1. The van der Waals surface area contributed by atoms with Crippen molar-refractivity contribution in [3.63, 3.8) is 0 Å². The predicted molar refractivity (Wildman–Crippen MR) is 303 cm³/mol. The number of carboxylic acids is 1. The van der Waals surface area contributed by atoms with E-state index in [1.54, 1.807) is 143 Å². The van der Waals surface area contributed by atoms with Gasteiger partial charge >= 0.3 is 40.0 Å². The van der Waals surface area contributed by atoms with Gasteiger partial charge in [-0.15, -0.1) is 0 Å². The van der Waals surface area contributed by atoms with Gasteiger partial charge in [-0.05, 0) is 101 Å². The molecule has 0 fully saturated rings. The number of esters is 5. The molecule has 7 heterocycles. The monoisotopic (exact) mass is 1340 g/mol. The Labute approximate surface area is 539 Å². The van der Waals surface area contributed by atoms with Gasteiger partial charge in [0.05, 0.1) is 74.2 Å². The van der Waals surface area contributed by atoms with Crippen LogP contribution < -0.4 is 28.4 Å². The number of ether oxygens (including phenoxy) is 5. The van der Waals surface area contributed by atoms with Crippen LogP contribution in [0.15, 0.2) is 109 Å². The Morgan fingerprint density at radius 3 is 1.59 bits per heavy atom. The number of hydrogen-bond acceptors (Lipinski definition) is 23. The molecule has 85 heavy (non-hydrogen) atoms. The smallest absolute Gasteiger partial charge is 0.384 e. The average Bonchev–Trinajstić information content (AvgIpc) is 3.21. The molecule has 28 nitrogen and oxygen atoms in total. The summed E-state index contributed by atoms with van der Waals surface area (Å²) in [6.45, 7) is 16.8.